The van der Waals surface area contributed by atoms with E-state index in [4.69, 9.17) is 28.9 Å². The average molecular weight is 414 g/mol. The molecule has 0 unspecified atom stereocenters. The van der Waals surface area contributed by atoms with E-state index in [1.165, 1.54) is 17.1 Å². The van der Waals surface area contributed by atoms with Crippen LogP contribution in [-0.2, 0) is 16.6 Å². The molecule has 0 aliphatic heterocycles. The Kier molecular flexibility index (Phi) is 5.15. The van der Waals surface area contributed by atoms with Crippen molar-refractivity contribution >= 4 is 54.8 Å². The summed E-state index contributed by atoms with van der Waals surface area (Å²) in [5, 5.41) is 4.29. The summed E-state index contributed by atoms with van der Waals surface area (Å²) in [6, 6.07) is 3.09. The summed E-state index contributed by atoms with van der Waals surface area (Å²) in [6.45, 7) is 0.786. The molecule has 0 spiro atoms. The first-order chi connectivity index (χ1) is 9.83. The fraction of sp³-hybridized carbons (Fsp3) is 0.182. The zero-order chi connectivity index (χ0) is 15.6. The highest BCUT2D eigenvalue weighted by Gasteiger charge is 2.20. The number of benzene rings is 1. The van der Waals surface area contributed by atoms with Crippen molar-refractivity contribution < 1.29 is 8.42 Å². The molecule has 0 radical (unpaired) electrons. The number of nitrogens with zero attached hydrogens (tertiary/aromatic N) is 2. The number of nitrogens with two attached hydrogens (primary N) is 1. The molecule has 21 heavy (non-hydrogen) atoms. The Morgan fingerprint density at radius 2 is 1.95 bits per heavy atom. The highest BCUT2D eigenvalue weighted by atomic mass is 79.9. The summed E-state index contributed by atoms with van der Waals surface area (Å²) in [5.74, 6) is 0. The Balaban J connectivity index is 2.33. The molecule has 114 valence electrons. The maximum atomic E-state index is 12.3. The molecular weight excluding hydrogens is 403 g/mol. The minimum atomic E-state index is -3.83. The lowest BCUT2D eigenvalue weighted by Gasteiger charge is -2.10. The second-order valence-electron chi connectivity index (χ2n) is 4.08. The quantitative estimate of drug-likeness (QED) is 0.788. The lowest BCUT2D eigenvalue weighted by molar-refractivity contribution is 0.599. The topological polar surface area (TPSA) is 90.0 Å². The van der Waals surface area contributed by atoms with Crippen molar-refractivity contribution in [1.29, 1.82) is 0 Å². The van der Waals surface area contributed by atoms with Crippen LogP contribution in [0, 0.1) is 0 Å². The third kappa shape index (κ3) is 3.89. The minimum absolute atomic E-state index is 0.00556. The molecular formula is C11H11BrCl2N4O2S. The molecule has 6 nitrogen and oxygen atoms in total. The van der Waals surface area contributed by atoms with Gasteiger partial charge in [-0.2, -0.15) is 5.10 Å². The van der Waals surface area contributed by atoms with Crippen molar-refractivity contribution in [2.75, 3.05) is 11.3 Å². The summed E-state index contributed by atoms with van der Waals surface area (Å²) < 4.78 is 29.0. The summed E-state index contributed by atoms with van der Waals surface area (Å²) in [7, 11) is -3.83. The molecule has 0 aliphatic carbocycles. The highest BCUT2D eigenvalue weighted by molar-refractivity contribution is 9.10. The predicted molar refractivity (Wildman–Crippen MR) is 86.3 cm³/mol. The average Bonchev–Trinajstić information content (AvgIpc) is 2.84. The maximum absolute atomic E-state index is 12.3. The monoisotopic (exact) mass is 412 g/mol. The van der Waals surface area contributed by atoms with Crippen LogP contribution in [0.1, 0.15) is 0 Å². The summed E-state index contributed by atoms with van der Waals surface area (Å²) in [5.41, 5.74) is 5.51. The third-order valence-corrected chi connectivity index (χ3v) is 4.88. The van der Waals surface area contributed by atoms with E-state index in [2.05, 4.69) is 25.8 Å². The van der Waals surface area contributed by atoms with E-state index in [0.29, 0.717) is 17.6 Å². The highest BCUT2D eigenvalue weighted by Crippen LogP contribution is 2.35. The van der Waals surface area contributed by atoms with Gasteiger partial charge >= 0.3 is 0 Å². The second-order valence-corrected chi connectivity index (χ2v) is 7.49. The first-order valence-corrected chi connectivity index (χ1v) is 8.76. The number of aromatic nitrogens is 2. The minimum Gasteiger partial charge on any atom is -0.329 e. The number of rotatable bonds is 5. The van der Waals surface area contributed by atoms with Crippen LogP contribution in [0.5, 0.6) is 0 Å². The smallest absolute Gasteiger partial charge is 0.265 e. The van der Waals surface area contributed by atoms with Crippen molar-refractivity contribution in [3.63, 3.8) is 0 Å². The molecule has 0 saturated carbocycles. The van der Waals surface area contributed by atoms with Crippen molar-refractivity contribution in [2.45, 2.75) is 11.4 Å². The number of hydrogen-bond acceptors (Lipinski definition) is 4. The SMILES string of the molecule is NCCn1cc(S(=O)(=O)Nc2c(Cl)cc(Br)cc2Cl)cn1. The van der Waals surface area contributed by atoms with E-state index in [9.17, 15) is 8.42 Å². The first-order valence-electron chi connectivity index (χ1n) is 5.73. The second kappa shape index (κ2) is 6.53. The van der Waals surface area contributed by atoms with Crippen LogP contribution in [0.25, 0.3) is 0 Å². The molecule has 1 aromatic heterocycles. The summed E-state index contributed by atoms with van der Waals surface area (Å²) in [6.07, 6.45) is 2.62. The van der Waals surface area contributed by atoms with Gasteiger partial charge in [0.05, 0.1) is 28.5 Å². The summed E-state index contributed by atoms with van der Waals surface area (Å²) >= 11 is 15.2. The number of nitrogens with one attached hydrogen (secondary N) is 1. The van der Waals surface area contributed by atoms with Crippen LogP contribution >= 0.6 is 39.1 Å². The Morgan fingerprint density at radius 3 is 2.52 bits per heavy atom. The molecule has 0 atom stereocenters. The van der Waals surface area contributed by atoms with Gasteiger partial charge in [0, 0.05) is 17.2 Å². The van der Waals surface area contributed by atoms with Crippen LogP contribution in [0.4, 0.5) is 5.69 Å². The molecule has 0 aliphatic rings. The Hall–Kier alpha value is -0.800. The number of halogens is 3. The van der Waals surface area contributed by atoms with Crippen LogP contribution < -0.4 is 10.5 Å². The third-order valence-electron chi connectivity index (χ3n) is 2.52. The van der Waals surface area contributed by atoms with Gasteiger partial charge in [-0.3, -0.25) is 9.40 Å². The van der Waals surface area contributed by atoms with E-state index < -0.39 is 10.0 Å². The molecule has 0 saturated heterocycles. The fourth-order valence-electron chi connectivity index (χ4n) is 1.57. The molecule has 2 aromatic rings. The lowest BCUT2D eigenvalue weighted by Crippen LogP contribution is -2.13. The number of anilines is 1. The first kappa shape index (κ1) is 16.6. The van der Waals surface area contributed by atoms with Gasteiger partial charge < -0.3 is 5.73 Å². The molecule has 0 fully saturated rings. The van der Waals surface area contributed by atoms with E-state index in [1.54, 1.807) is 12.1 Å². The fourth-order valence-corrected chi connectivity index (χ4v) is 4.04. The molecule has 10 heteroatoms. The van der Waals surface area contributed by atoms with Crippen molar-refractivity contribution in [3.05, 3.63) is 39.0 Å². The Bertz CT molecular complexity index is 740. The molecule has 0 amide bonds. The van der Waals surface area contributed by atoms with Crippen LogP contribution in [0.2, 0.25) is 10.0 Å². The van der Waals surface area contributed by atoms with E-state index in [0.717, 1.165) is 0 Å². The standard InChI is InChI=1S/C11H11BrCl2N4O2S/c12-7-3-9(13)11(10(14)4-7)17-21(19,20)8-5-16-18(6-8)2-1-15/h3-6,17H,1-2,15H2. The lowest BCUT2D eigenvalue weighted by atomic mass is 10.3. The van der Waals surface area contributed by atoms with Crippen LogP contribution in [0.15, 0.2) is 33.9 Å². The number of sulfonamides is 1. The maximum Gasteiger partial charge on any atom is 0.265 e. The van der Waals surface area contributed by atoms with Gasteiger partial charge in [0.2, 0.25) is 0 Å². The normalized spacial score (nSPS) is 11.6. The Labute approximate surface area is 140 Å². The van der Waals surface area contributed by atoms with Crippen LogP contribution in [0.3, 0.4) is 0 Å². The van der Waals surface area contributed by atoms with Gasteiger partial charge in [0.15, 0.2) is 0 Å². The molecule has 2 rings (SSSR count). The zero-order valence-electron chi connectivity index (χ0n) is 10.6. The summed E-state index contributed by atoms with van der Waals surface area (Å²) in [4.78, 5) is 0.00556. The predicted octanol–water partition coefficient (Wildman–Crippen LogP) is 2.71. The molecule has 3 N–H and O–H groups in total. The van der Waals surface area contributed by atoms with Gasteiger partial charge in [0.25, 0.3) is 10.0 Å². The molecule has 1 aromatic carbocycles. The van der Waals surface area contributed by atoms with Crippen LogP contribution in [-0.4, -0.2) is 24.7 Å². The van der Waals surface area contributed by atoms with Gasteiger partial charge in [-0.1, -0.05) is 39.1 Å². The Morgan fingerprint density at radius 1 is 1.33 bits per heavy atom. The van der Waals surface area contributed by atoms with E-state index in [1.807, 2.05) is 0 Å². The van der Waals surface area contributed by atoms with Crippen molar-refractivity contribution in [2.24, 2.45) is 5.73 Å². The van der Waals surface area contributed by atoms with E-state index >= 15 is 0 Å². The van der Waals surface area contributed by atoms with Crippen molar-refractivity contribution in [3.8, 4) is 0 Å². The number of hydrogen-bond donors (Lipinski definition) is 2. The zero-order valence-corrected chi connectivity index (χ0v) is 14.5. The molecule has 0 bridgehead atoms. The van der Waals surface area contributed by atoms with Crippen molar-refractivity contribution in [1.82, 2.24) is 9.78 Å². The van der Waals surface area contributed by atoms with E-state index in [-0.39, 0.29) is 20.6 Å². The van der Waals surface area contributed by atoms with Gasteiger partial charge in [-0.15, -0.1) is 0 Å². The molecule has 1 heterocycles. The van der Waals surface area contributed by atoms with Gasteiger partial charge in [-0.05, 0) is 12.1 Å². The van der Waals surface area contributed by atoms with Gasteiger partial charge in [-0.25, -0.2) is 8.42 Å². The van der Waals surface area contributed by atoms with Gasteiger partial charge in [0.1, 0.15) is 4.90 Å². The largest absolute Gasteiger partial charge is 0.329 e.